The molecule has 0 saturated carbocycles. The maximum Gasteiger partial charge on any atom is 0.123 e. The lowest BCUT2D eigenvalue weighted by atomic mass is 9.94. The molecule has 17 heavy (non-hydrogen) atoms. The first kappa shape index (κ1) is 12.0. The predicted octanol–water partition coefficient (Wildman–Crippen LogP) is 3.78. The third-order valence-electron chi connectivity index (χ3n) is 3.59. The molecule has 1 aliphatic rings. The number of phenols is 1. The van der Waals surface area contributed by atoms with E-state index in [1.807, 2.05) is 19.9 Å². The van der Waals surface area contributed by atoms with E-state index in [-0.39, 0.29) is 0 Å². The van der Waals surface area contributed by atoms with E-state index in [1.165, 1.54) is 19.3 Å². The Labute approximate surface area is 103 Å². The average molecular weight is 231 g/mol. The zero-order chi connectivity index (χ0) is 12.3. The smallest absolute Gasteiger partial charge is 0.123 e. The van der Waals surface area contributed by atoms with Gasteiger partial charge in [0.05, 0.1) is 0 Å². The van der Waals surface area contributed by atoms with E-state index in [0.29, 0.717) is 5.75 Å². The second-order valence-electron chi connectivity index (χ2n) is 4.94. The Balaban J connectivity index is 1.99. The molecule has 0 amide bonds. The summed E-state index contributed by atoms with van der Waals surface area (Å²) in [6.07, 6.45) is 8.17. The molecule has 1 aromatic rings. The number of benzene rings is 1. The predicted molar refractivity (Wildman–Crippen MR) is 72.6 cm³/mol. The van der Waals surface area contributed by atoms with Crippen molar-refractivity contribution in [3.05, 3.63) is 35.4 Å². The van der Waals surface area contributed by atoms with Gasteiger partial charge in [-0.15, -0.1) is 0 Å². The highest BCUT2D eigenvalue weighted by molar-refractivity contribution is 5.59. The molecule has 0 aliphatic heterocycles. The standard InChI is InChI=1S/C15H21NO/c1-11-8-9-14(12(2)15(11)17)16-10-13-6-4-3-5-7-13/h3-4,8-9,13,16-17H,5-7,10H2,1-2H3. The largest absolute Gasteiger partial charge is 0.507 e. The number of aryl methyl sites for hydroxylation is 1. The number of allylic oxidation sites excluding steroid dienone is 2. The molecule has 2 heteroatoms. The van der Waals surface area contributed by atoms with Crippen molar-refractivity contribution in [2.24, 2.45) is 5.92 Å². The minimum Gasteiger partial charge on any atom is -0.507 e. The zero-order valence-electron chi connectivity index (χ0n) is 10.7. The first-order chi connectivity index (χ1) is 8.18. The number of hydrogen-bond acceptors (Lipinski definition) is 2. The lowest BCUT2D eigenvalue weighted by molar-refractivity contribution is 0.466. The summed E-state index contributed by atoms with van der Waals surface area (Å²) >= 11 is 0. The average Bonchev–Trinajstić information content (AvgIpc) is 2.36. The van der Waals surface area contributed by atoms with Gasteiger partial charge in [-0.25, -0.2) is 0 Å². The molecule has 2 nitrogen and oxygen atoms in total. The van der Waals surface area contributed by atoms with Crippen molar-refractivity contribution >= 4 is 5.69 Å². The van der Waals surface area contributed by atoms with E-state index in [1.54, 1.807) is 0 Å². The van der Waals surface area contributed by atoms with E-state index < -0.39 is 0 Å². The minimum atomic E-state index is 0.415. The third kappa shape index (κ3) is 2.82. The fourth-order valence-electron chi connectivity index (χ4n) is 2.32. The van der Waals surface area contributed by atoms with Gasteiger partial charge in [0.25, 0.3) is 0 Å². The van der Waals surface area contributed by atoms with E-state index >= 15 is 0 Å². The molecule has 2 N–H and O–H groups in total. The van der Waals surface area contributed by atoms with Crippen LogP contribution in [0.25, 0.3) is 0 Å². The van der Waals surface area contributed by atoms with Gasteiger partial charge >= 0.3 is 0 Å². The Bertz CT molecular complexity index is 423. The maximum absolute atomic E-state index is 9.87. The second kappa shape index (κ2) is 5.26. The molecule has 0 aromatic heterocycles. The van der Waals surface area contributed by atoms with Crippen LogP contribution in [-0.4, -0.2) is 11.7 Å². The molecule has 2 rings (SSSR count). The zero-order valence-corrected chi connectivity index (χ0v) is 10.7. The van der Waals surface area contributed by atoms with Crippen LogP contribution in [-0.2, 0) is 0 Å². The molecule has 1 atom stereocenters. The number of anilines is 1. The summed E-state index contributed by atoms with van der Waals surface area (Å²) in [5, 5.41) is 13.3. The second-order valence-corrected chi connectivity index (χ2v) is 4.94. The molecule has 0 radical (unpaired) electrons. The Morgan fingerprint density at radius 1 is 1.29 bits per heavy atom. The molecular formula is C15H21NO. The summed E-state index contributed by atoms with van der Waals surface area (Å²) < 4.78 is 0. The molecule has 1 aromatic carbocycles. The van der Waals surface area contributed by atoms with Gasteiger partial charge in [0.2, 0.25) is 0 Å². The van der Waals surface area contributed by atoms with Crippen LogP contribution in [0.2, 0.25) is 0 Å². The summed E-state index contributed by atoms with van der Waals surface area (Å²) in [6.45, 7) is 4.89. The summed E-state index contributed by atoms with van der Waals surface area (Å²) in [7, 11) is 0. The lowest BCUT2D eigenvalue weighted by Crippen LogP contribution is -2.15. The topological polar surface area (TPSA) is 32.3 Å². The Morgan fingerprint density at radius 2 is 2.12 bits per heavy atom. The van der Waals surface area contributed by atoms with Crippen LogP contribution < -0.4 is 5.32 Å². The van der Waals surface area contributed by atoms with E-state index in [0.717, 1.165) is 29.3 Å². The highest BCUT2D eigenvalue weighted by Crippen LogP contribution is 2.28. The first-order valence-electron chi connectivity index (χ1n) is 6.36. The summed E-state index contributed by atoms with van der Waals surface area (Å²) in [5.41, 5.74) is 2.95. The summed E-state index contributed by atoms with van der Waals surface area (Å²) in [6, 6.07) is 4.02. The SMILES string of the molecule is Cc1ccc(NCC2CC=CCC2)c(C)c1O. The molecular weight excluding hydrogens is 210 g/mol. The summed E-state index contributed by atoms with van der Waals surface area (Å²) in [5.74, 6) is 1.14. The molecule has 0 spiro atoms. The normalized spacial score (nSPS) is 19.3. The number of aromatic hydroxyl groups is 1. The van der Waals surface area contributed by atoms with Crippen molar-refractivity contribution in [3.8, 4) is 5.75 Å². The van der Waals surface area contributed by atoms with Crippen molar-refractivity contribution in [3.63, 3.8) is 0 Å². The number of hydrogen-bond donors (Lipinski definition) is 2. The molecule has 92 valence electrons. The summed E-state index contributed by atoms with van der Waals surface area (Å²) in [4.78, 5) is 0. The maximum atomic E-state index is 9.87. The van der Waals surface area contributed by atoms with Gasteiger partial charge in [-0.05, 0) is 50.7 Å². The lowest BCUT2D eigenvalue weighted by Gasteiger charge is -2.20. The van der Waals surface area contributed by atoms with Gasteiger partial charge in [-0.2, -0.15) is 0 Å². The van der Waals surface area contributed by atoms with Crippen LogP contribution >= 0.6 is 0 Å². The fraction of sp³-hybridized carbons (Fsp3) is 0.467. The monoisotopic (exact) mass is 231 g/mol. The van der Waals surface area contributed by atoms with Crippen molar-refractivity contribution in [2.45, 2.75) is 33.1 Å². The minimum absolute atomic E-state index is 0.415. The molecule has 1 unspecified atom stereocenters. The third-order valence-corrected chi connectivity index (χ3v) is 3.59. The number of phenolic OH excluding ortho intramolecular Hbond substituents is 1. The van der Waals surface area contributed by atoms with Crippen molar-refractivity contribution in [1.82, 2.24) is 0 Å². The van der Waals surface area contributed by atoms with Gasteiger partial charge in [0.1, 0.15) is 5.75 Å². The molecule has 0 heterocycles. The molecule has 1 aliphatic carbocycles. The van der Waals surface area contributed by atoms with Crippen molar-refractivity contribution in [2.75, 3.05) is 11.9 Å². The number of rotatable bonds is 3. The van der Waals surface area contributed by atoms with Gasteiger partial charge in [0, 0.05) is 17.8 Å². The molecule has 0 bridgehead atoms. The van der Waals surface area contributed by atoms with Gasteiger partial charge in [-0.1, -0.05) is 18.2 Å². The van der Waals surface area contributed by atoms with Gasteiger partial charge in [0.15, 0.2) is 0 Å². The highest BCUT2D eigenvalue weighted by atomic mass is 16.3. The van der Waals surface area contributed by atoms with Crippen LogP contribution in [0.3, 0.4) is 0 Å². The number of nitrogens with one attached hydrogen (secondary N) is 1. The van der Waals surface area contributed by atoms with Crippen LogP contribution in [0.1, 0.15) is 30.4 Å². The van der Waals surface area contributed by atoms with E-state index in [4.69, 9.17) is 0 Å². The Morgan fingerprint density at radius 3 is 2.82 bits per heavy atom. The molecule has 0 fully saturated rings. The van der Waals surface area contributed by atoms with Gasteiger partial charge in [-0.3, -0.25) is 0 Å². The Hall–Kier alpha value is -1.44. The van der Waals surface area contributed by atoms with Gasteiger partial charge < -0.3 is 10.4 Å². The van der Waals surface area contributed by atoms with Crippen molar-refractivity contribution < 1.29 is 5.11 Å². The van der Waals surface area contributed by atoms with Crippen LogP contribution in [0, 0.1) is 19.8 Å². The van der Waals surface area contributed by atoms with Crippen LogP contribution in [0.15, 0.2) is 24.3 Å². The Kier molecular flexibility index (Phi) is 3.72. The van der Waals surface area contributed by atoms with E-state index in [2.05, 4.69) is 23.5 Å². The molecule has 0 saturated heterocycles. The van der Waals surface area contributed by atoms with E-state index in [9.17, 15) is 5.11 Å². The first-order valence-corrected chi connectivity index (χ1v) is 6.36. The van der Waals surface area contributed by atoms with Crippen LogP contribution in [0.5, 0.6) is 5.75 Å². The highest BCUT2D eigenvalue weighted by Gasteiger charge is 2.11. The van der Waals surface area contributed by atoms with Crippen molar-refractivity contribution in [1.29, 1.82) is 0 Å². The quantitative estimate of drug-likeness (QED) is 0.776. The fourth-order valence-corrected chi connectivity index (χ4v) is 2.32. The van der Waals surface area contributed by atoms with Crippen LogP contribution in [0.4, 0.5) is 5.69 Å².